The second-order valence-corrected chi connectivity index (χ2v) is 5.46. The van der Waals surface area contributed by atoms with Crippen molar-refractivity contribution in [3.05, 3.63) is 41.1 Å². The minimum absolute atomic E-state index is 0.137. The summed E-state index contributed by atoms with van der Waals surface area (Å²) in [5.74, 6) is 1.63. The Bertz CT molecular complexity index is 587. The SMILES string of the molecule is CCc1ccc(Oc2c(CC(N)CC)c(C)nn2C)cc1. The van der Waals surface area contributed by atoms with E-state index in [1.165, 1.54) is 5.56 Å². The second-order valence-electron chi connectivity index (χ2n) is 5.46. The van der Waals surface area contributed by atoms with Crippen LogP contribution in [0.15, 0.2) is 24.3 Å². The molecule has 1 atom stereocenters. The van der Waals surface area contributed by atoms with Crippen LogP contribution in [0.4, 0.5) is 0 Å². The molecule has 0 bridgehead atoms. The lowest BCUT2D eigenvalue weighted by atomic mass is 10.1. The van der Waals surface area contributed by atoms with Crippen molar-refractivity contribution in [2.24, 2.45) is 12.8 Å². The largest absolute Gasteiger partial charge is 0.439 e. The summed E-state index contributed by atoms with van der Waals surface area (Å²) in [4.78, 5) is 0. The van der Waals surface area contributed by atoms with Gasteiger partial charge in [-0.1, -0.05) is 26.0 Å². The molecule has 2 aromatic rings. The first kappa shape index (κ1) is 15.6. The first-order valence-corrected chi connectivity index (χ1v) is 7.60. The van der Waals surface area contributed by atoms with E-state index >= 15 is 0 Å². The van der Waals surface area contributed by atoms with Crippen molar-refractivity contribution >= 4 is 0 Å². The van der Waals surface area contributed by atoms with E-state index in [1.807, 2.05) is 26.1 Å². The zero-order valence-corrected chi connectivity index (χ0v) is 13.4. The van der Waals surface area contributed by atoms with Gasteiger partial charge in [-0.2, -0.15) is 5.10 Å². The van der Waals surface area contributed by atoms with Crippen molar-refractivity contribution in [1.29, 1.82) is 0 Å². The van der Waals surface area contributed by atoms with E-state index in [4.69, 9.17) is 10.5 Å². The Morgan fingerprint density at radius 2 is 1.90 bits per heavy atom. The maximum absolute atomic E-state index is 6.09. The molecule has 0 amide bonds. The van der Waals surface area contributed by atoms with Crippen molar-refractivity contribution in [1.82, 2.24) is 9.78 Å². The van der Waals surface area contributed by atoms with Gasteiger partial charge in [0, 0.05) is 18.7 Å². The van der Waals surface area contributed by atoms with Crippen molar-refractivity contribution in [2.75, 3.05) is 0 Å². The third-order valence-corrected chi connectivity index (χ3v) is 3.83. The molecule has 1 aromatic heterocycles. The van der Waals surface area contributed by atoms with Gasteiger partial charge in [-0.3, -0.25) is 0 Å². The third-order valence-electron chi connectivity index (χ3n) is 3.83. The van der Waals surface area contributed by atoms with Gasteiger partial charge in [0.1, 0.15) is 5.75 Å². The predicted octanol–water partition coefficient (Wildman–Crippen LogP) is 3.36. The fourth-order valence-electron chi connectivity index (χ4n) is 2.35. The first-order valence-electron chi connectivity index (χ1n) is 7.60. The van der Waals surface area contributed by atoms with Crippen LogP contribution in [-0.2, 0) is 19.9 Å². The average Bonchev–Trinajstić information content (AvgIpc) is 2.74. The third kappa shape index (κ3) is 3.64. The fraction of sp³-hybridized carbons (Fsp3) is 0.471. The molecular formula is C17H25N3O. The summed E-state index contributed by atoms with van der Waals surface area (Å²) in [7, 11) is 1.91. The lowest BCUT2D eigenvalue weighted by Crippen LogP contribution is -2.21. The van der Waals surface area contributed by atoms with Gasteiger partial charge in [0.15, 0.2) is 0 Å². The molecule has 0 aliphatic rings. The summed E-state index contributed by atoms with van der Waals surface area (Å²) < 4.78 is 7.84. The molecule has 21 heavy (non-hydrogen) atoms. The molecule has 2 N–H and O–H groups in total. The molecule has 1 unspecified atom stereocenters. The molecule has 1 aromatic carbocycles. The van der Waals surface area contributed by atoms with E-state index in [0.29, 0.717) is 0 Å². The molecule has 0 aliphatic heterocycles. The number of ether oxygens (including phenoxy) is 1. The molecule has 0 fully saturated rings. The number of rotatable bonds is 6. The molecule has 0 saturated heterocycles. The van der Waals surface area contributed by atoms with E-state index < -0.39 is 0 Å². The molecule has 0 saturated carbocycles. The summed E-state index contributed by atoms with van der Waals surface area (Å²) in [6.45, 7) is 6.25. The molecule has 114 valence electrons. The highest BCUT2D eigenvalue weighted by Gasteiger charge is 2.17. The molecule has 0 radical (unpaired) electrons. The Labute approximate surface area is 126 Å². The van der Waals surface area contributed by atoms with E-state index in [2.05, 4.69) is 31.1 Å². The maximum atomic E-state index is 6.09. The van der Waals surface area contributed by atoms with Crippen molar-refractivity contribution in [2.45, 2.75) is 46.1 Å². The van der Waals surface area contributed by atoms with Gasteiger partial charge < -0.3 is 10.5 Å². The van der Waals surface area contributed by atoms with Crippen LogP contribution >= 0.6 is 0 Å². The van der Waals surface area contributed by atoms with Crippen LogP contribution in [0.25, 0.3) is 0 Å². The number of nitrogens with zero attached hydrogens (tertiary/aromatic N) is 2. The smallest absolute Gasteiger partial charge is 0.221 e. The lowest BCUT2D eigenvalue weighted by Gasteiger charge is -2.12. The highest BCUT2D eigenvalue weighted by atomic mass is 16.5. The lowest BCUT2D eigenvalue weighted by molar-refractivity contribution is 0.423. The standard InChI is InChI=1S/C17H25N3O/c1-5-13-7-9-15(10-8-13)21-17-16(11-14(18)6-2)12(3)19-20(17)4/h7-10,14H,5-6,11,18H2,1-4H3. The van der Waals surface area contributed by atoms with Gasteiger partial charge in [-0.05, 0) is 43.9 Å². The Morgan fingerprint density at radius 3 is 2.48 bits per heavy atom. The Kier molecular flexibility index (Phi) is 5.02. The molecule has 4 heteroatoms. The first-order chi connectivity index (χ1) is 10.0. The highest BCUT2D eigenvalue weighted by Crippen LogP contribution is 2.28. The van der Waals surface area contributed by atoms with Crippen molar-refractivity contribution in [3.8, 4) is 11.6 Å². The van der Waals surface area contributed by atoms with E-state index in [1.54, 1.807) is 4.68 Å². The van der Waals surface area contributed by atoms with Crippen molar-refractivity contribution in [3.63, 3.8) is 0 Å². The van der Waals surface area contributed by atoms with E-state index in [9.17, 15) is 0 Å². The molecule has 4 nitrogen and oxygen atoms in total. The quantitative estimate of drug-likeness (QED) is 0.886. The fourth-order valence-corrected chi connectivity index (χ4v) is 2.35. The zero-order chi connectivity index (χ0) is 15.4. The van der Waals surface area contributed by atoms with Gasteiger partial charge in [0.05, 0.1) is 5.69 Å². The Balaban J connectivity index is 2.25. The molecule has 0 aliphatic carbocycles. The molecular weight excluding hydrogens is 262 g/mol. The van der Waals surface area contributed by atoms with Gasteiger partial charge >= 0.3 is 0 Å². The van der Waals surface area contributed by atoms with Gasteiger partial charge in [0.2, 0.25) is 5.88 Å². The van der Waals surface area contributed by atoms with E-state index in [0.717, 1.165) is 42.1 Å². The normalized spacial score (nSPS) is 12.4. The van der Waals surface area contributed by atoms with Crippen LogP contribution < -0.4 is 10.5 Å². The number of aryl methyl sites for hydroxylation is 3. The average molecular weight is 287 g/mol. The summed E-state index contributed by atoms with van der Waals surface area (Å²) in [5, 5.41) is 4.46. The van der Waals surface area contributed by atoms with Gasteiger partial charge in [0.25, 0.3) is 0 Å². The minimum Gasteiger partial charge on any atom is -0.439 e. The predicted molar refractivity (Wildman–Crippen MR) is 85.8 cm³/mol. The number of aromatic nitrogens is 2. The number of nitrogens with two attached hydrogens (primary N) is 1. The zero-order valence-electron chi connectivity index (χ0n) is 13.4. The molecule has 1 heterocycles. The number of hydrogen-bond donors (Lipinski definition) is 1. The van der Waals surface area contributed by atoms with Crippen LogP contribution in [0.1, 0.15) is 37.1 Å². The van der Waals surface area contributed by atoms with Crippen LogP contribution in [0.5, 0.6) is 11.6 Å². The van der Waals surface area contributed by atoms with E-state index in [-0.39, 0.29) is 6.04 Å². The summed E-state index contributed by atoms with van der Waals surface area (Å²) in [6.07, 6.45) is 2.76. The number of benzene rings is 1. The Hall–Kier alpha value is -1.81. The second kappa shape index (κ2) is 6.76. The monoisotopic (exact) mass is 287 g/mol. The van der Waals surface area contributed by atoms with Crippen LogP contribution in [0.3, 0.4) is 0 Å². The highest BCUT2D eigenvalue weighted by molar-refractivity contribution is 5.37. The Morgan fingerprint density at radius 1 is 1.24 bits per heavy atom. The van der Waals surface area contributed by atoms with Crippen LogP contribution in [0, 0.1) is 6.92 Å². The maximum Gasteiger partial charge on any atom is 0.221 e. The molecule has 0 spiro atoms. The van der Waals surface area contributed by atoms with Crippen molar-refractivity contribution < 1.29 is 4.74 Å². The minimum atomic E-state index is 0.137. The van der Waals surface area contributed by atoms with Crippen LogP contribution in [0.2, 0.25) is 0 Å². The molecule has 2 rings (SSSR count). The summed E-state index contributed by atoms with van der Waals surface area (Å²) >= 11 is 0. The summed E-state index contributed by atoms with van der Waals surface area (Å²) in [5.41, 5.74) is 9.48. The topological polar surface area (TPSA) is 53.1 Å². The number of hydrogen-bond acceptors (Lipinski definition) is 3. The van der Waals surface area contributed by atoms with Gasteiger partial charge in [-0.15, -0.1) is 0 Å². The summed E-state index contributed by atoms with van der Waals surface area (Å²) in [6, 6.07) is 8.33. The van der Waals surface area contributed by atoms with Gasteiger partial charge in [-0.25, -0.2) is 4.68 Å². The van der Waals surface area contributed by atoms with Crippen LogP contribution in [-0.4, -0.2) is 15.8 Å².